The molecule has 0 bridgehead atoms. The van der Waals surface area contributed by atoms with Gasteiger partial charge in [-0.3, -0.25) is 4.79 Å². The molecule has 0 saturated carbocycles. The molecule has 1 amide bonds. The van der Waals surface area contributed by atoms with E-state index in [0.717, 1.165) is 17.9 Å². The summed E-state index contributed by atoms with van der Waals surface area (Å²) in [5.41, 5.74) is 1.01. The lowest BCUT2D eigenvalue weighted by Gasteiger charge is -2.18. The molecule has 1 unspecified atom stereocenters. The molecule has 0 radical (unpaired) electrons. The molecule has 0 heterocycles. The van der Waals surface area contributed by atoms with E-state index in [2.05, 4.69) is 17.6 Å². The standard InChI is InChI=1S/C14H21ClN2O2/c1-4-17-10(2)12-9-11(15)5-6-13(12)19-8-7-14(18)16-3/h5-6,9-10,17H,4,7-8H2,1-3H3,(H,16,18). The normalized spacial score (nSPS) is 12.0. The molecule has 4 nitrogen and oxygen atoms in total. The van der Waals surface area contributed by atoms with Gasteiger partial charge in [-0.05, 0) is 31.7 Å². The quantitative estimate of drug-likeness (QED) is 0.809. The minimum atomic E-state index is -0.0322. The van der Waals surface area contributed by atoms with Gasteiger partial charge in [-0.15, -0.1) is 0 Å². The third-order valence-corrected chi connectivity index (χ3v) is 3.05. The highest BCUT2D eigenvalue weighted by molar-refractivity contribution is 6.30. The number of ether oxygens (including phenoxy) is 1. The van der Waals surface area contributed by atoms with Crippen molar-refractivity contribution in [1.82, 2.24) is 10.6 Å². The van der Waals surface area contributed by atoms with Crippen LogP contribution in [0.4, 0.5) is 0 Å². The van der Waals surface area contributed by atoms with Gasteiger partial charge >= 0.3 is 0 Å². The van der Waals surface area contributed by atoms with Crippen LogP contribution in [0.3, 0.4) is 0 Å². The summed E-state index contributed by atoms with van der Waals surface area (Å²) in [5.74, 6) is 0.733. The molecule has 106 valence electrons. The predicted octanol–water partition coefficient (Wildman–Crippen LogP) is 2.53. The number of rotatable bonds is 7. The zero-order valence-electron chi connectivity index (χ0n) is 11.6. The summed E-state index contributed by atoms with van der Waals surface area (Å²) >= 11 is 6.02. The van der Waals surface area contributed by atoms with Crippen LogP contribution in [0.5, 0.6) is 5.75 Å². The number of hydrogen-bond donors (Lipinski definition) is 2. The lowest BCUT2D eigenvalue weighted by molar-refractivity contribution is -0.121. The molecule has 1 rings (SSSR count). The molecule has 0 aliphatic rings. The third kappa shape index (κ3) is 5.09. The lowest BCUT2D eigenvalue weighted by Crippen LogP contribution is -2.21. The number of hydrogen-bond acceptors (Lipinski definition) is 3. The van der Waals surface area contributed by atoms with Gasteiger partial charge in [-0.25, -0.2) is 0 Å². The van der Waals surface area contributed by atoms with Crippen molar-refractivity contribution in [3.63, 3.8) is 0 Å². The van der Waals surface area contributed by atoms with Gasteiger partial charge in [0.05, 0.1) is 13.0 Å². The van der Waals surface area contributed by atoms with Crippen LogP contribution < -0.4 is 15.4 Å². The van der Waals surface area contributed by atoms with Gasteiger partial charge in [0.2, 0.25) is 5.91 Å². The second-order valence-corrected chi connectivity index (χ2v) is 4.67. The molecule has 0 aliphatic heterocycles. The van der Waals surface area contributed by atoms with Gasteiger partial charge < -0.3 is 15.4 Å². The Bertz CT molecular complexity index is 424. The summed E-state index contributed by atoms with van der Waals surface area (Å²) in [7, 11) is 1.61. The summed E-state index contributed by atoms with van der Waals surface area (Å²) < 4.78 is 5.67. The topological polar surface area (TPSA) is 50.4 Å². The van der Waals surface area contributed by atoms with Crippen molar-refractivity contribution >= 4 is 17.5 Å². The maximum absolute atomic E-state index is 11.2. The summed E-state index contributed by atoms with van der Waals surface area (Å²) in [4.78, 5) is 11.2. The van der Waals surface area contributed by atoms with Crippen LogP contribution in [0, 0.1) is 0 Å². The Morgan fingerprint density at radius 3 is 2.84 bits per heavy atom. The van der Waals surface area contributed by atoms with Crippen LogP contribution in [0.1, 0.15) is 31.9 Å². The van der Waals surface area contributed by atoms with Crippen LogP contribution in [0.15, 0.2) is 18.2 Å². The summed E-state index contributed by atoms with van der Waals surface area (Å²) in [6.45, 7) is 5.33. The maximum Gasteiger partial charge on any atom is 0.223 e. The average molecular weight is 285 g/mol. The Morgan fingerprint density at radius 2 is 2.21 bits per heavy atom. The zero-order valence-corrected chi connectivity index (χ0v) is 12.4. The van der Waals surface area contributed by atoms with Crippen LogP contribution in [0.25, 0.3) is 0 Å². The van der Waals surface area contributed by atoms with Crippen LogP contribution >= 0.6 is 11.6 Å². The van der Waals surface area contributed by atoms with E-state index in [1.807, 2.05) is 19.1 Å². The number of halogens is 1. The molecule has 19 heavy (non-hydrogen) atoms. The van der Waals surface area contributed by atoms with Gasteiger partial charge in [0, 0.05) is 23.7 Å². The van der Waals surface area contributed by atoms with Crippen molar-refractivity contribution in [1.29, 1.82) is 0 Å². The summed E-state index contributed by atoms with van der Waals surface area (Å²) in [6, 6.07) is 5.68. The number of benzene rings is 1. The molecule has 0 fully saturated rings. The second kappa shape index (κ2) is 8.02. The smallest absolute Gasteiger partial charge is 0.223 e. The summed E-state index contributed by atoms with van der Waals surface area (Å²) in [6.07, 6.45) is 0.341. The van der Waals surface area contributed by atoms with Crippen LogP contribution in [-0.4, -0.2) is 26.1 Å². The fourth-order valence-corrected chi connectivity index (χ4v) is 1.96. The van der Waals surface area contributed by atoms with Gasteiger partial charge in [0.15, 0.2) is 0 Å². The van der Waals surface area contributed by atoms with Gasteiger partial charge in [0.1, 0.15) is 5.75 Å². The zero-order chi connectivity index (χ0) is 14.3. The largest absolute Gasteiger partial charge is 0.493 e. The highest BCUT2D eigenvalue weighted by Gasteiger charge is 2.12. The van der Waals surface area contributed by atoms with Crippen molar-refractivity contribution in [2.45, 2.75) is 26.3 Å². The molecule has 1 aromatic carbocycles. The van der Waals surface area contributed by atoms with Crippen LogP contribution in [-0.2, 0) is 4.79 Å². The van der Waals surface area contributed by atoms with E-state index in [0.29, 0.717) is 18.1 Å². The van der Waals surface area contributed by atoms with E-state index in [4.69, 9.17) is 16.3 Å². The minimum Gasteiger partial charge on any atom is -0.493 e. The molecule has 2 N–H and O–H groups in total. The van der Waals surface area contributed by atoms with Gasteiger partial charge in [-0.1, -0.05) is 18.5 Å². The van der Waals surface area contributed by atoms with Crippen molar-refractivity contribution in [3.05, 3.63) is 28.8 Å². The molecule has 1 atom stereocenters. The molecule has 5 heteroatoms. The Morgan fingerprint density at radius 1 is 1.47 bits per heavy atom. The maximum atomic E-state index is 11.2. The second-order valence-electron chi connectivity index (χ2n) is 4.23. The SMILES string of the molecule is CCNC(C)c1cc(Cl)ccc1OCCC(=O)NC. The summed E-state index contributed by atoms with van der Waals surface area (Å²) in [5, 5.41) is 6.57. The van der Waals surface area contributed by atoms with E-state index in [1.165, 1.54) is 0 Å². The van der Waals surface area contributed by atoms with Gasteiger partial charge in [-0.2, -0.15) is 0 Å². The molecule has 0 spiro atoms. The molecular formula is C14H21ClN2O2. The first-order valence-corrected chi connectivity index (χ1v) is 6.82. The number of nitrogens with one attached hydrogen (secondary N) is 2. The lowest BCUT2D eigenvalue weighted by atomic mass is 10.1. The molecule has 0 aromatic heterocycles. The fourth-order valence-electron chi connectivity index (χ4n) is 1.78. The van der Waals surface area contributed by atoms with Crippen molar-refractivity contribution in [2.24, 2.45) is 0 Å². The van der Waals surface area contributed by atoms with Crippen LogP contribution in [0.2, 0.25) is 5.02 Å². The molecular weight excluding hydrogens is 264 g/mol. The Labute approximate surface area is 119 Å². The Kier molecular flexibility index (Phi) is 6.67. The fraction of sp³-hybridized carbons (Fsp3) is 0.500. The molecule has 0 aliphatic carbocycles. The van der Waals surface area contributed by atoms with E-state index < -0.39 is 0 Å². The Balaban J connectivity index is 2.73. The van der Waals surface area contributed by atoms with Crippen molar-refractivity contribution in [3.8, 4) is 5.75 Å². The van der Waals surface area contributed by atoms with Gasteiger partial charge in [0.25, 0.3) is 0 Å². The first-order valence-electron chi connectivity index (χ1n) is 6.44. The van der Waals surface area contributed by atoms with E-state index in [-0.39, 0.29) is 11.9 Å². The van der Waals surface area contributed by atoms with E-state index >= 15 is 0 Å². The Hall–Kier alpha value is -1.26. The average Bonchev–Trinajstić information content (AvgIpc) is 2.40. The van der Waals surface area contributed by atoms with Crippen molar-refractivity contribution in [2.75, 3.05) is 20.2 Å². The molecule has 1 aromatic rings. The first kappa shape index (κ1) is 15.8. The number of carbonyl (C=O) groups excluding carboxylic acids is 1. The minimum absolute atomic E-state index is 0.0322. The predicted molar refractivity (Wildman–Crippen MR) is 77.7 cm³/mol. The number of carbonyl (C=O) groups is 1. The molecule has 0 saturated heterocycles. The third-order valence-electron chi connectivity index (χ3n) is 2.81. The highest BCUT2D eigenvalue weighted by Crippen LogP contribution is 2.28. The first-order chi connectivity index (χ1) is 9.08. The number of amides is 1. The van der Waals surface area contributed by atoms with Crippen molar-refractivity contribution < 1.29 is 9.53 Å². The highest BCUT2D eigenvalue weighted by atomic mass is 35.5. The van der Waals surface area contributed by atoms with E-state index in [1.54, 1.807) is 13.1 Å². The van der Waals surface area contributed by atoms with E-state index in [9.17, 15) is 4.79 Å². The monoisotopic (exact) mass is 284 g/mol.